The highest BCUT2D eigenvalue weighted by atomic mass is 32.1. The molecule has 2 amide bonds. The number of carbonyl (C=O) groups excluding carboxylic acids is 2. The van der Waals surface area contributed by atoms with Gasteiger partial charge in [0, 0.05) is 19.0 Å². The molecule has 0 saturated carbocycles. The Bertz CT molecular complexity index is 645. The van der Waals surface area contributed by atoms with Crippen LogP contribution in [0.2, 0.25) is 0 Å². The molecule has 1 aliphatic carbocycles. The minimum absolute atomic E-state index is 0.0143. The van der Waals surface area contributed by atoms with Gasteiger partial charge < -0.3 is 15.1 Å². The van der Waals surface area contributed by atoms with Gasteiger partial charge in [-0.25, -0.2) is 0 Å². The number of thiophene rings is 1. The van der Waals surface area contributed by atoms with E-state index in [0.29, 0.717) is 10.6 Å². The summed E-state index contributed by atoms with van der Waals surface area (Å²) in [6.45, 7) is 0.472. The average Bonchev–Trinajstić information content (AvgIpc) is 2.83. The lowest BCUT2D eigenvalue weighted by molar-refractivity contribution is -0.862. The van der Waals surface area contributed by atoms with Crippen LogP contribution < -0.4 is 10.2 Å². The highest BCUT2D eigenvalue weighted by Crippen LogP contribution is 2.37. The van der Waals surface area contributed by atoms with E-state index in [1.807, 2.05) is 7.05 Å². The molecule has 0 radical (unpaired) electrons. The monoisotopic (exact) mass is 335 g/mol. The summed E-state index contributed by atoms with van der Waals surface area (Å²) in [6, 6.07) is 2.24. The fraction of sp³-hybridized carbons (Fsp3) is 0.562. The highest BCUT2D eigenvalue weighted by molar-refractivity contribution is 7.16. The van der Waals surface area contributed by atoms with E-state index in [1.165, 1.54) is 21.1 Å². The summed E-state index contributed by atoms with van der Waals surface area (Å²) >= 11 is 1.52. The number of quaternary nitrogens is 1. The fourth-order valence-corrected chi connectivity index (χ4v) is 3.95. The lowest BCUT2D eigenvalue weighted by Crippen LogP contribution is -3.11. The van der Waals surface area contributed by atoms with Gasteiger partial charge in [0.2, 0.25) is 0 Å². The molecule has 0 fully saturated rings. The number of nitriles is 1. The number of hydrogen-bond acceptors (Lipinski definition) is 4. The highest BCUT2D eigenvalue weighted by Gasteiger charge is 2.23. The molecule has 1 unspecified atom stereocenters. The van der Waals surface area contributed by atoms with Crippen molar-refractivity contribution in [3.05, 3.63) is 16.0 Å². The Balaban J connectivity index is 1.99. The van der Waals surface area contributed by atoms with Gasteiger partial charge in [-0.1, -0.05) is 0 Å². The first-order chi connectivity index (χ1) is 10.9. The zero-order chi connectivity index (χ0) is 17.0. The summed E-state index contributed by atoms with van der Waals surface area (Å²) < 4.78 is 0. The number of hydrogen-bond donors (Lipinski definition) is 2. The van der Waals surface area contributed by atoms with E-state index in [9.17, 15) is 14.9 Å². The summed E-state index contributed by atoms with van der Waals surface area (Å²) in [5.41, 5.74) is 1.74. The number of nitrogens with one attached hydrogen (secondary N) is 2. The number of rotatable bonds is 5. The molecule has 0 aliphatic heterocycles. The van der Waals surface area contributed by atoms with Crippen LogP contribution in [0.3, 0.4) is 0 Å². The van der Waals surface area contributed by atoms with Crippen molar-refractivity contribution in [3.8, 4) is 6.07 Å². The Morgan fingerprint density at radius 1 is 1.30 bits per heavy atom. The first-order valence-corrected chi connectivity index (χ1v) is 8.60. The first kappa shape index (κ1) is 17.4. The van der Waals surface area contributed by atoms with Gasteiger partial charge in [0.05, 0.1) is 12.6 Å². The van der Waals surface area contributed by atoms with E-state index in [-0.39, 0.29) is 24.9 Å². The van der Waals surface area contributed by atoms with Crippen LogP contribution in [0.15, 0.2) is 0 Å². The van der Waals surface area contributed by atoms with Crippen LogP contribution in [-0.4, -0.2) is 50.9 Å². The quantitative estimate of drug-likeness (QED) is 0.798. The molecule has 1 atom stereocenters. The van der Waals surface area contributed by atoms with Crippen LogP contribution in [0.25, 0.3) is 0 Å². The number of fused-ring (bicyclic) bond motifs is 1. The molecule has 2 rings (SSSR count). The first-order valence-electron chi connectivity index (χ1n) is 7.78. The number of aryl methyl sites for hydroxylation is 1. The van der Waals surface area contributed by atoms with Crippen molar-refractivity contribution >= 4 is 28.2 Å². The molecular weight excluding hydrogens is 312 g/mol. The Morgan fingerprint density at radius 3 is 2.65 bits per heavy atom. The van der Waals surface area contributed by atoms with Gasteiger partial charge in [0.1, 0.15) is 11.1 Å². The number of nitrogens with zero attached hydrogens (tertiary/aromatic N) is 2. The summed E-state index contributed by atoms with van der Waals surface area (Å²) in [5.74, 6) is -0.177. The molecule has 124 valence electrons. The standard InChI is InChI=1S/C16H22N4O2S/c1-19(2)15(22)10-20(3)9-14(21)18-16-12(8-17)11-6-4-5-7-13(11)23-16/h4-7,9-10H2,1-3H3,(H,18,21)/p+1. The topological polar surface area (TPSA) is 77.6 Å². The molecule has 0 spiro atoms. The molecule has 0 saturated heterocycles. The lowest BCUT2D eigenvalue weighted by Gasteiger charge is -2.16. The Labute approximate surface area is 140 Å². The Morgan fingerprint density at radius 2 is 2.00 bits per heavy atom. The largest absolute Gasteiger partial charge is 0.344 e. The third-order valence-corrected chi connectivity index (χ3v) is 5.16. The molecule has 1 aromatic heterocycles. The normalized spacial score (nSPS) is 14.5. The zero-order valence-electron chi connectivity index (χ0n) is 13.9. The van der Waals surface area contributed by atoms with Crippen LogP contribution in [-0.2, 0) is 22.4 Å². The van der Waals surface area contributed by atoms with Gasteiger partial charge >= 0.3 is 0 Å². The van der Waals surface area contributed by atoms with E-state index in [4.69, 9.17) is 0 Å². The lowest BCUT2D eigenvalue weighted by atomic mass is 9.96. The molecule has 0 aromatic carbocycles. The van der Waals surface area contributed by atoms with Crippen molar-refractivity contribution < 1.29 is 14.5 Å². The predicted octanol–water partition coefficient (Wildman–Crippen LogP) is 0.0400. The van der Waals surface area contributed by atoms with Crippen molar-refractivity contribution in [2.75, 3.05) is 39.5 Å². The molecule has 1 aliphatic rings. The van der Waals surface area contributed by atoms with Gasteiger partial charge in [-0.05, 0) is 31.2 Å². The minimum atomic E-state index is -0.163. The predicted molar refractivity (Wildman–Crippen MR) is 89.6 cm³/mol. The molecule has 6 nitrogen and oxygen atoms in total. The van der Waals surface area contributed by atoms with Gasteiger partial charge in [0.25, 0.3) is 11.8 Å². The van der Waals surface area contributed by atoms with Crippen molar-refractivity contribution in [1.29, 1.82) is 5.26 Å². The summed E-state index contributed by atoms with van der Waals surface area (Å²) in [4.78, 5) is 27.4. The molecular formula is C16H23N4O2S+. The molecule has 0 bridgehead atoms. The smallest absolute Gasteiger partial charge is 0.280 e. The molecule has 1 heterocycles. The number of anilines is 1. The second-order valence-corrected chi connectivity index (χ2v) is 7.28. The van der Waals surface area contributed by atoms with Crippen molar-refractivity contribution in [2.24, 2.45) is 0 Å². The van der Waals surface area contributed by atoms with E-state index in [1.54, 1.807) is 14.1 Å². The Kier molecular flexibility index (Phi) is 5.74. The maximum absolute atomic E-state index is 12.2. The molecule has 7 heteroatoms. The van der Waals surface area contributed by atoms with Crippen LogP contribution in [0, 0.1) is 11.3 Å². The average molecular weight is 335 g/mol. The molecule has 2 N–H and O–H groups in total. The number of carbonyl (C=O) groups is 2. The number of amides is 2. The van der Waals surface area contributed by atoms with Gasteiger partial charge in [-0.3, -0.25) is 9.59 Å². The second-order valence-electron chi connectivity index (χ2n) is 6.17. The van der Waals surface area contributed by atoms with Gasteiger partial charge in [-0.15, -0.1) is 11.3 Å². The minimum Gasteiger partial charge on any atom is -0.344 e. The maximum atomic E-state index is 12.2. The summed E-state index contributed by atoms with van der Waals surface area (Å²) in [5, 5.41) is 12.9. The van der Waals surface area contributed by atoms with E-state index in [0.717, 1.165) is 36.1 Å². The summed E-state index contributed by atoms with van der Waals surface area (Å²) in [6.07, 6.45) is 4.16. The van der Waals surface area contributed by atoms with E-state index in [2.05, 4.69) is 11.4 Å². The van der Waals surface area contributed by atoms with E-state index >= 15 is 0 Å². The van der Waals surface area contributed by atoms with Crippen LogP contribution in [0.5, 0.6) is 0 Å². The van der Waals surface area contributed by atoms with Crippen molar-refractivity contribution in [2.45, 2.75) is 25.7 Å². The van der Waals surface area contributed by atoms with Crippen molar-refractivity contribution in [3.63, 3.8) is 0 Å². The number of likely N-dealkylation sites (N-methyl/N-ethyl adjacent to an activating group) is 2. The maximum Gasteiger partial charge on any atom is 0.280 e. The van der Waals surface area contributed by atoms with Crippen molar-refractivity contribution in [1.82, 2.24) is 4.90 Å². The summed E-state index contributed by atoms with van der Waals surface area (Å²) in [7, 11) is 5.21. The van der Waals surface area contributed by atoms with Crippen LogP contribution in [0.1, 0.15) is 28.8 Å². The third-order valence-electron chi connectivity index (χ3n) is 3.95. The second kappa shape index (κ2) is 7.57. The molecule has 23 heavy (non-hydrogen) atoms. The SMILES string of the molecule is CN(C)C(=O)C[NH+](C)CC(=O)Nc1sc2c(c1C#N)CCCC2. The fourth-order valence-electron chi connectivity index (χ4n) is 2.70. The van der Waals surface area contributed by atoms with E-state index < -0.39 is 0 Å². The van der Waals surface area contributed by atoms with Crippen LogP contribution >= 0.6 is 11.3 Å². The zero-order valence-corrected chi connectivity index (χ0v) is 14.7. The van der Waals surface area contributed by atoms with Gasteiger partial charge in [-0.2, -0.15) is 5.26 Å². The van der Waals surface area contributed by atoms with Crippen LogP contribution in [0.4, 0.5) is 5.00 Å². The molecule has 1 aromatic rings. The van der Waals surface area contributed by atoms with Gasteiger partial charge in [0.15, 0.2) is 13.1 Å². The third kappa shape index (κ3) is 4.30. The Hall–Kier alpha value is -1.91.